The maximum Gasteiger partial charge on any atom is 0.325 e. The van der Waals surface area contributed by atoms with Crippen molar-refractivity contribution in [2.75, 3.05) is 19.6 Å². The molecule has 3 amide bonds. The summed E-state index contributed by atoms with van der Waals surface area (Å²) in [6.45, 7) is 5.18. The minimum Gasteiger partial charge on any atom is -0.481 e. The van der Waals surface area contributed by atoms with E-state index in [0.29, 0.717) is 44.9 Å². The number of ketones is 1. The molecule has 78 heavy (non-hydrogen) atoms. The van der Waals surface area contributed by atoms with E-state index in [4.69, 9.17) is 46.7 Å². The monoisotopic (exact) mass is 1160 g/mol. The highest BCUT2D eigenvalue weighted by Gasteiger charge is 2.67. The van der Waals surface area contributed by atoms with Crippen LogP contribution in [0.2, 0.25) is 0 Å². The molecule has 4 aliphatic rings. The number of carboxylic acid groups (broad SMARTS) is 3. The van der Waals surface area contributed by atoms with E-state index in [1.54, 1.807) is 0 Å². The zero-order valence-corrected chi connectivity index (χ0v) is 47.0. The van der Waals surface area contributed by atoms with Crippen molar-refractivity contribution in [3.05, 3.63) is 35.9 Å². The summed E-state index contributed by atoms with van der Waals surface area (Å²) >= 11 is 0. The number of carbonyl (C=O) groups is 10. The van der Waals surface area contributed by atoms with Gasteiger partial charge in [-0.1, -0.05) is 51.1 Å². The van der Waals surface area contributed by atoms with Gasteiger partial charge in [-0.15, -0.1) is 37.2 Å². The standard InChI is InChI=1S/C53H78N6O16.3ClH/c1-29(9-18-45(67)73-28-30-7-5-4-6-8-30)35-10-11-36-48-31(22-33(60)25-57-49(70)38(54)12-15-42(61)62)21-32-23-34(74-46(68)26-58-50(71)39(55)13-16-43(63)64)19-20-52(32,2)37(48)24-41(53(35,36)3)75-47(69)27-59-51(72)40(56)14-17-44(65)66;;;/h4-8,29,31-32,34-41,48H,9-28,54-56H2,1-3H3,(H,57,70)(H,58,71)(H,59,72)(H,61,62)(H,63,64)(H,65,66);3*1H/t29-,31+,32-,34-,35-,36+,37+,38+,39+,40+,41+,48+,52+,53-;;;/m1.../s1. The molecule has 0 bridgehead atoms. The third-order valence-electron chi connectivity index (χ3n) is 17.0. The van der Waals surface area contributed by atoms with Gasteiger partial charge in [0.15, 0.2) is 5.78 Å². The highest BCUT2D eigenvalue weighted by molar-refractivity contribution is 5.89. The number of hydrogen-bond donors (Lipinski definition) is 9. The Bertz CT molecular complexity index is 2250. The van der Waals surface area contributed by atoms with Crippen LogP contribution in [0.3, 0.4) is 0 Å². The fourth-order valence-corrected chi connectivity index (χ4v) is 13.1. The molecule has 25 heteroatoms. The number of rotatable bonds is 28. The van der Waals surface area contributed by atoms with Crippen molar-refractivity contribution in [1.82, 2.24) is 16.0 Å². The SMILES string of the molecule is C[C@H](CCC(=O)OCc1ccccc1)[C@H]1CC[C@H]2[C@@H]3[C@H](CC(=O)CNC(=O)[C@@H](N)CCC(=O)O)C[C@@H]4C[C@H](OC(=O)CNC(=O)[C@@H](N)CCC(=O)O)CC[C@]4(C)[C@H]3C[C@H](OC(=O)CNC(=O)[C@@H](N)CCC(=O)O)[C@]12C.Cl.Cl.Cl. The average molecular weight is 1160 g/mol. The van der Waals surface area contributed by atoms with E-state index in [1.165, 1.54) is 0 Å². The highest BCUT2D eigenvalue weighted by Crippen LogP contribution is 2.70. The Morgan fingerprint density at radius 1 is 0.628 bits per heavy atom. The highest BCUT2D eigenvalue weighted by atomic mass is 35.5. The zero-order chi connectivity index (χ0) is 55.2. The largest absolute Gasteiger partial charge is 0.481 e. The summed E-state index contributed by atoms with van der Waals surface area (Å²) in [5.41, 5.74) is 17.5. The number of esters is 3. The van der Waals surface area contributed by atoms with Gasteiger partial charge in [-0.3, -0.25) is 47.9 Å². The molecule has 1 aromatic rings. The predicted octanol–water partition coefficient (Wildman–Crippen LogP) is 3.61. The molecule has 0 aromatic heterocycles. The van der Waals surface area contributed by atoms with E-state index in [9.17, 15) is 47.9 Å². The number of fused-ring (bicyclic) bond motifs is 5. The molecule has 22 nitrogen and oxygen atoms in total. The first kappa shape index (κ1) is 69.0. The number of aliphatic carboxylic acids is 3. The number of amides is 3. The van der Waals surface area contributed by atoms with Crippen LogP contribution < -0.4 is 33.2 Å². The molecule has 4 aliphatic carbocycles. The van der Waals surface area contributed by atoms with Crippen LogP contribution in [-0.4, -0.2) is 125 Å². The molecule has 440 valence electrons. The molecule has 0 spiro atoms. The number of nitrogens with two attached hydrogens (primary N) is 3. The van der Waals surface area contributed by atoms with Crippen LogP contribution in [0.15, 0.2) is 30.3 Å². The van der Waals surface area contributed by atoms with Crippen LogP contribution in [0.4, 0.5) is 0 Å². The first-order chi connectivity index (χ1) is 35.4. The quantitative estimate of drug-likeness (QED) is 0.0427. The Morgan fingerprint density at radius 3 is 1.67 bits per heavy atom. The van der Waals surface area contributed by atoms with Gasteiger partial charge < -0.3 is 62.7 Å². The molecule has 0 heterocycles. The maximum absolute atomic E-state index is 14.1. The lowest BCUT2D eigenvalue weighted by Crippen LogP contribution is -2.62. The second kappa shape index (κ2) is 31.6. The Morgan fingerprint density at radius 2 is 1.14 bits per heavy atom. The summed E-state index contributed by atoms with van der Waals surface area (Å²) in [6.07, 6.45) is 1.90. The van der Waals surface area contributed by atoms with Crippen molar-refractivity contribution in [3.8, 4) is 0 Å². The number of carboxylic acids is 3. The normalized spacial score (nSPS) is 27.2. The number of Topliss-reactive ketones (excluding diaryl/α,β-unsaturated/α-hetero) is 1. The van der Waals surface area contributed by atoms with Crippen molar-refractivity contribution in [2.45, 2.75) is 160 Å². The van der Waals surface area contributed by atoms with Crippen molar-refractivity contribution < 1.29 is 77.5 Å². The van der Waals surface area contributed by atoms with E-state index < -0.39 is 102 Å². The molecular formula is C53H81Cl3N6O16. The number of carbonyl (C=O) groups excluding carboxylic acids is 7. The lowest BCUT2D eigenvalue weighted by atomic mass is 9.41. The first-order valence-electron chi connectivity index (χ1n) is 26.3. The molecule has 1 aromatic carbocycles. The summed E-state index contributed by atoms with van der Waals surface area (Å²) in [4.78, 5) is 126. The van der Waals surface area contributed by atoms with E-state index in [2.05, 4.69) is 36.7 Å². The van der Waals surface area contributed by atoms with Gasteiger partial charge in [-0.05, 0) is 123 Å². The summed E-state index contributed by atoms with van der Waals surface area (Å²) in [7, 11) is 0. The summed E-state index contributed by atoms with van der Waals surface area (Å²) in [6, 6.07) is 5.90. The fourth-order valence-electron chi connectivity index (χ4n) is 13.1. The maximum atomic E-state index is 14.1. The second-order valence-electron chi connectivity index (χ2n) is 21.8. The van der Waals surface area contributed by atoms with Gasteiger partial charge in [-0.2, -0.15) is 0 Å². The Hall–Kier alpha value is -5.13. The van der Waals surface area contributed by atoms with Gasteiger partial charge >= 0.3 is 35.8 Å². The van der Waals surface area contributed by atoms with E-state index in [-0.39, 0.29) is 155 Å². The van der Waals surface area contributed by atoms with Crippen LogP contribution in [0, 0.1) is 52.3 Å². The van der Waals surface area contributed by atoms with Gasteiger partial charge in [0, 0.05) is 37.5 Å². The molecule has 4 fully saturated rings. The van der Waals surface area contributed by atoms with Crippen LogP contribution in [0.25, 0.3) is 0 Å². The smallest absolute Gasteiger partial charge is 0.325 e. The molecule has 0 aliphatic heterocycles. The fraction of sp³-hybridized carbons (Fsp3) is 0.698. The lowest BCUT2D eigenvalue weighted by molar-refractivity contribution is -0.210. The van der Waals surface area contributed by atoms with Crippen LogP contribution >= 0.6 is 37.2 Å². The molecule has 5 rings (SSSR count). The third kappa shape index (κ3) is 18.7. The summed E-state index contributed by atoms with van der Waals surface area (Å²) in [5.74, 6) is -8.29. The predicted molar refractivity (Wildman–Crippen MR) is 289 cm³/mol. The number of hydrogen-bond acceptors (Lipinski definition) is 16. The zero-order valence-electron chi connectivity index (χ0n) is 44.6. The summed E-state index contributed by atoms with van der Waals surface area (Å²) < 4.78 is 18.1. The van der Waals surface area contributed by atoms with E-state index in [1.807, 2.05) is 30.3 Å². The topological polar surface area (TPSA) is 373 Å². The Kier molecular flexibility index (Phi) is 27.9. The van der Waals surface area contributed by atoms with Crippen molar-refractivity contribution in [3.63, 3.8) is 0 Å². The van der Waals surface area contributed by atoms with Crippen LogP contribution in [0.5, 0.6) is 0 Å². The van der Waals surface area contributed by atoms with Crippen LogP contribution in [-0.2, 0) is 68.8 Å². The van der Waals surface area contributed by atoms with E-state index >= 15 is 0 Å². The lowest BCUT2D eigenvalue weighted by Gasteiger charge is -2.65. The van der Waals surface area contributed by atoms with Gasteiger partial charge in [-0.25, -0.2) is 0 Å². The first-order valence-corrected chi connectivity index (χ1v) is 26.3. The van der Waals surface area contributed by atoms with Crippen molar-refractivity contribution in [1.29, 1.82) is 0 Å². The molecule has 0 saturated heterocycles. The Balaban J connectivity index is 0.00000693. The van der Waals surface area contributed by atoms with Crippen LogP contribution in [0.1, 0.15) is 129 Å². The molecule has 12 N–H and O–H groups in total. The van der Waals surface area contributed by atoms with Gasteiger partial charge in [0.25, 0.3) is 0 Å². The molecule has 4 saturated carbocycles. The Labute approximate surface area is 473 Å². The minimum atomic E-state index is -1.17. The minimum absolute atomic E-state index is 0. The van der Waals surface area contributed by atoms with Crippen molar-refractivity contribution in [2.24, 2.45) is 69.5 Å². The number of nitrogens with one attached hydrogen (secondary N) is 3. The molecular weight excluding hydrogens is 1080 g/mol. The molecule has 0 radical (unpaired) electrons. The number of benzene rings is 1. The molecule has 0 unspecified atom stereocenters. The second-order valence-corrected chi connectivity index (χ2v) is 21.8. The summed E-state index contributed by atoms with van der Waals surface area (Å²) in [5, 5.41) is 34.7. The number of ether oxygens (including phenoxy) is 3. The van der Waals surface area contributed by atoms with Crippen molar-refractivity contribution >= 4 is 96.5 Å². The van der Waals surface area contributed by atoms with E-state index in [0.717, 1.165) is 12.0 Å². The third-order valence-corrected chi connectivity index (χ3v) is 17.0. The van der Waals surface area contributed by atoms with Gasteiger partial charge in [0.2, 0.25) is 17.7 Å². The van der Waals surface area contributed by atoms with Gasteiger partial charge in [0.05, 0.1) is 24.7 Å². The molecule has 14 atom stereocenters. The van der Waals surface area contributed by atoms with Gasteiger partial charge in [0.1, 0.15) is 31.9 Å². The number of halogens is 3. The average Bonchev–Trinajstić information content (AvgIpc) is 3.73.